The Morgan fingerprint density at radius 1 is 0.839 bits per heavy atom. The van der Waals surface area contributed by atoms with Crippen molar-refractivity contribution in [2.24, 2.45) is 0 Å². The second-order valence-corrected chi connectivity index (χ2v) is 7.79. The summed E-state index contributed by atoms with van der Waals surface area (Å²) >= 11 is 12.1. The molecule has 0 bridgehead atoms. The molecule has 160 valence electrons. The molecule has 0 fully saturated rings. The summed E-state index contributed by atoms with van der Waals surface area (Å²) in [6.45, 7) is 0.175. The van der Waals surface area contributed by atoms with Crippen molar-refractivity contribution in [2.45, 2.75) is 0 Å². The summed E-state index contributed by atoms with van der Waals surface area (Å²) in [5.41, 5.74) is 0.989. The number of hydrogen-bond donors (Lipinski definition) is 3. The highest BCUT2D eigenvalue weighted by molar-refractivity contribution is 6.33. The minimum absolute atomic E-state index is 0.0766. The van der Waals surface area contributed by atoms with Gasteiger partial charge in [0.05, 0.1) is 23.4 Å². The molecule has 0 saturated heterocycles. The summed E-state index contributed by atoms with van der Waals surface area (Å²) in [7, 11) is 1.76. The largest absolute Gasteiger partial charge is 0.455 e. The van der Waals surface area contributed by atoms with E-state index in [2.05, 4.69) is 10.6 Å². The zero-order valence-electron chi connectivity index (χ0n) is 16.8. The van der Waals surface area contributed by atoms with Gasteiger partial charge in [0.15, 0.2) is 18.8 Å². The predicted octanol–water partition coefficient (Wildman–Crippen LogP) is 3.88. The van der Waals surface area contributed by atoms with Gasteiger partial charge in [0, 0.05) is 5.02 Å². The van der Waals surface area contributed by atoms with Crippen molar-refractivity contribution in [3.8, 4) is 11.5 Å². The van der Waals surface area contributed by atoms with Gasteiger partial charge in [-0.15, -0.1) is 0 Å². The second kappa shape index (κ2) is 10.8. The Bertz CT molecular complexity index is 1060. The molecule has 1 atom stereocenters. The van der Waals surface area contributed by atoms with Crippen molar-refractivity contribution in [3.05, 3.63) is 82.8 Å². The van der Waals surface area contributed by atoms with Crippen molar-refractivity contribution in [3.63, 3.8) is 0 Å². The maximum absolute atomic E-state index is 12.5. The van der Waals surface area contributed by atoms with Crippen molar-refractivity contribution >= 4 is 46.4 Å². The Morgan fingerprint density at radius 3 is 2.13 bits per heavy atom. The first-order valence-corrected chi connectivity index (χ1v) is 10.3. The first-order chi connectivity index (χ1) is 14.9. The Labute approximate surface area is 190 Å². The van der Waals surface area contributed by atoms with E-state index in [1.165, 1.54) is 0 Å². The molecule has 8 heteroatoms. The van der Waals surface area contributed by atoms with E-state index in [0.29, 0.717) is 37.8 Å². The fraction of sp³-hybridized carbons (Fsp3) is 0.130. The fourth-order valence-electron chi connectivity index (χ4n) is 2.87. The van der Waals surface area contributed by atoms with Gasteiger partial charge in [-0.2, -0.15) is 0 Å². The number of benzene rings is 3. The van der Waals surface area contributed by atoms with Crippen LogP contribution in [0.15, 0.2) is 72.8 Å². The zero-order chi connectivity index (χ0) is 22.2. The second-order valence-electron chi connectivity index (χ2n) is 6.94. The van der Waals surface area contributed by atoms with Gasteiger partial charge in [0.1, 0.15) is 5.75 Å². The van der Waals surface area contributed by atoms with E-state index >= 15 is 0 Å². The van der Waals surface area contributed by atoms with Gasteiger partial charge in [-0.05, 0) is 42.5 Å². The monoisotopic (exact) mass is 458 g/mol. The molecule has 1 unspecified atom stereocenters. The van der Waals surface area contributed by atoms with Crippen LogP contribution in [0, 0.1) is 0 Å². The van der Waals surface area contributed by atoms with Gasteiger partial charge in [-0.1, -0.05) is 53.5 Å². The third-order valence-electron chi connectivity index (χ3n) is 4.26. The van der Waals surface area contributed by atoms with Gasteiger partial charge >= 0.3 is 0 Å². The number of nitrogens with one attached hydrogen (secondary N) is 3. The van der Waals surface area contributed by atoms with E-state index in [-0.39, 0.29) is 24.9 Å². The smallest absolute Gasteiger partial charge is 0.279 e. The van der Waals surface area contributed by atoms with E-state index in [0.717, 1.165) is 0 Å². The third kappa shape index (κ3) is 7.00. The molecule has 3 aromatic rings. The number of para-hydroxylation sites is 2. The summed E-state index contributed by atoms with van der Waals surface area (Å²) in [4.78, 5) is 25.5. The standard InChI is InChI=1S/C23H21Cl2N3O3/c1-28(14-22(29)26-19-10-6-5-9-18(19)25)15-23(30)27-20-13-16(24)11-12-21(20)31-17-7-3-2-4-8-17/h2-13H,14-15H2,1H3,(H,26,29)(H,27,30)/p+1. The molecule has 2 amide bonds. The number of rotatable bonds is 8. The topological polar surface area (TPSA) is 71.9 Å². The van der Waals surface area contributed by atoms with Crippen molar-refractivity contribution in [2.75, 3.05) is 30.8 Å². The Morgan fingerprint density at radius 2 is 1.45 bits per heavy atom. The minimum Gasteiger partial charge on any atom is -0.455 e. The molecule has 0 aromatic heterocycles. The van der Waals surface area contributed by atoms with Crippen LogP contribution in [0.25, 0.3) is 0 Å². The average molecular weight is 459 g/mol. The van der Waals surface area contributed by atoms with Crippen LogP contribution in [0.4, 0.5) is 11.4 Å². The highest BCUT2D eigenvalue weighted by Gasteiger charge is 2.17. The van der Waals surface area contributed by atoms with Crippen LogP contribution in [-0.4, -0.2) is 32.0 Å². The molecular weight excluding hydrogens is 437 g/mol. The Hall–Kier alpha value is -3.06. The maximum atomic E-state index is 12.5. The number of amides is 2. The molecule has 6 nitrogen and oxygen atoms in total. The minimum atomic E-state index is -0.275. The first-order valence-electron chi connectivity index (χ1n) is 9.58. The molecule has 31 heavy (non-hydrogen) atoms. The Balaban J connectivity index is 1.58. The third-order valence-corrected chi connectivity index (χ3v) is 4.82. The number of ether oxygens (including phenoxy) is 1. The van der Waals surface area contributed by atoms with Gasteiger partial charge in [0.25, 0.3) is 11.8 Å². The molecule has 0 aliphatic carbocycles. The van der Waals surface area contributed by atoms with Crippen molar-refractivity contribution in [1.29, 1.82) is 0 Å². The molecule has 0 aliphatic rings. The highest BCUT2D eigenvalue weighted by atomic mass is 35.5. The number of hydrogen-bond acceptors (Lipinski definition) is 3. The summed E-state index contributed by atoms with van der Waals surface area (Å²) in [6, 6.07) is 21.2. The molecule has 3 aromatic carbocycles. The van der Waals surface area contributed by atoms with Crippen LogP contribution in [-0.2, 0) is 9.59 Å². The number of carbonyl (C=O) groups is 2. The molecule has 0 radical (unpaired) electrons. The highest BCUT2D eigenvalue weighted by Crippen LogP contribution is 2.31. The van der Waals surface area contributed by atoms with Crippen LogP contribution >= 0.6 is 23.2 Å². The maximum Gasteiger partial charge on any atom is 0.279 e. The molecule has 0 heterocycles. The number of halogens is 2. The number of anilines is 2. The quantitative estimate of drug-likeness (QED) is 0.479. The summed E-state index contributed by atoms with van der Waals surface area (Å²) in [5.74, 6) is 0.592. The number of likely N-dealkylation sites (N-methyl/N-ethyl adjacent to an activating group) is 1. The van der Waals surface area contributed by atoms with Crippen LogP contribution in [0.3, 0.4) is 0 Å². The number of carbonyl (C=O) groups excluding carboxylic acids is 2. The van der Waals surface area contributed by atoms with Gasteiger partial charge in [-0.25, -0.2) is 0 Å². The van der Waals surface area contributed by atoms with E-state index in [1.54, 1.807) is 49.5 Å². The summed E-state index contributed by atoms with van der Waals surface area (Å²) in [5, 5.41) is 6.48. The van der Waals surface area contributed by atoms with E-state index in [4.69, 9.17) is 27.9 Å². The average Bonchev–Trinajstić information content (AvgIpc) is 2.72. The van der Waals surface area contributed by atoms with E-state index in [1.807, 2.05) is 30.3 Å². The lowest BCUT2D eigenvalue weighted by molar-refractivity contribution is -0.862. The van der Waals surface area contributed by atoms with Crippen LogP contribution in [0.1, 0.15) is 0 Å². The van der Waals surface area contributed by atoms with Crippen molar-refractivity contribution < 1.29 is 19.2 Å². The summed E-state index contributed by atoms with van der Waals surface area (Å²) in [6.07, 6.45) is 0. The fourth-order valence-corrected chi connectivity index (χ4v) is 3.22. The molecule has 0 spiro atoms. The van der Waals surface area contributed by atoms with Gasteiger partial charge in [0.2, 0.25) is 0 Å². The lowest BCUT2D eigenvalue weighted by Gasteiger charge is -2.16. The van der Waals surface area contributed by atoms with Gasteiger partial charge in [-0.3, -0.25) is 9.59 Å². The Kier molecular flexibility index (Phi) is 7.89. The first kappa shape index (κ1) is 22.6. The molecule has 0 aliphatic heterocycles. The SMILES string of the molecule is C[NH+](CC(=O)Nc1ccccc1Cl)CC(=O)Nc1cc(Cl)ccc1Oc1ccccc1. The molecular formula is C23H22Cl2N3O3+. The zero-order valence-corrected chi connectivity index (χ0v) is 18.3. The lowest BCUT2D eigenvalue weighted by atomic mass is 10.2. The van der Waals surface area contributed by atoms with Crippen LogP contribution in [0.2, 0.25) is 10.0 Å². The number of quaternary nitrogens is 1. The normalized spacial score (nSPS) is 11.5. The molecule has 3 N–H and O–H groups in total. The predicted molar refractivity (Wildman–Crippen MR) is 123 cm³/mol. The lowest BCUT2D eigenvalue weighted by Crippen LogP contribution is -3.11. The van der Waals surface area contributed by atoms with E-state index < -0.39 is 0 Å². The molecule has 3 rings (SSSR count). The van der Waals surface area contributed by atoms with Crippen LogP contribution < -0.4 is 20.3 Å². The summed E-state index contributed by atoms with van der Waals surface area (Å²) < 4.78 is 5.86. The van der Waals surface area contributed by atoms with Gasteiger partial charge < -0.3 is 20.3 Å². The van der Waals surface area contributed by atoms with Crippen molar-refractivity contribution in [1.82, 2.24) is 0 Å². The van der Waals surface area contributed by atoms with E-state index in [9.17, 15) is 9.59 Å². The molecule has 0 saturated carbocycles. The van der Waals surface area contributed by atoms with Crippen LogP contribution in [0.5, 0.6) is 11.5 Å².